The molecule has 2 heterocycles. The van der Waals surface area contributed by atoms with Crippen LogP contribution in [0.1, 0.15) is 58.3 Å². The van der Waals surface area contributed by atoms with Crippen LogP contribution in [0.2, 0.25) is 0 Å². The number of carbonyl (C=O) groups is 2. The molecule has 23 heavy (non-hydrogen) atoms. The monoisotopic (exact) mass is 321 g/mol. The van der Waals surface area contributed by atoms with Crippen molar-refractivity contribution < 1.29 is 9.59 Å². The number of imide groups is 1. The minimum Gasteiger partial charge on any atom is -0.317 e. The predicted molar refractivity (Wildman–Crippen MR) is 90.0 cm³/mol. The van der Waals surface area contributed by atoms with Crippen LogP contribution in [0.4, 0.5) is 0 Å². The van der Waals surface area contributed by atoms with E-state index in [1.54, 1.807) is 4.90 Å². The van der Waals surface area contributed by atoms with Gasteiger partial charge in [-0.15, -0.1) is 0 Å². The van der Waals surface area contributed by atoms with Crippen molar-refractivity contribution in [2.45, 2.75) is 70.4 Å². The van der Waals surface area contributed by atoms with Crippen molar-refractivity contribution in [3.63, 3.8) is 0 Å². The van der Waals surface area contributed by atoms with Crippen molar-refractivity contribution in [3.8, 4) is 0 Å². The average molecular weight is 321 g/mol. The van der Waals surface area contributed by atoms with E-state index in [-0.39, 0.29) is 17.4 Å². The number of amides is 2. The molecule has 130 valence electrons. The molecule has 0 aromatic carbocycles. The van der Waals surface area contributed by atoms with Crippen LogP contribution in [-0.2, 0) is 9.59 Å². The molecule has 2 aliphatic heterocycles. The maximum Gasteiger partial charge on any atom is 0.236 e. The zero-order chi connectivity index (χ0) is 16.3. The number of carbonyl (C=O) groups excluding carboxylic acids is 2. The normalized spacial score (nSPS) is 30.7. The van der Waals surface area contributed by atoms with Gasteiger partial charge in [-0.1, -0.05) is 6.92 Å². The summed E-state index contributed by atoms with van der Waals surface area (Å²) in [4.78, 5) is 28.8. The number of nitrogens with one attached hydrogen (secondary N) is 1. The molecule has 0 spiro atoms. The van der Waals surface area contributed by atoms with Crippen molar-refractivity contribution in [2.24, 2.45) is 5.41 Å². The second-order valence-electron chi connectivity index (χ2n) is 7.59. The zero-order valence-corrected chi connectivity index (χ0v) is 14.4. The summed E-state index contributed by atoms with van der Waals surface area (Å²) in [7, 11) is 0. The van der Waals surface area contributed by atoms with Crippen molar-refractivity contribution in [1.29, 1.82) is 0 Å². The number of rotatable bonds is 5. The molecule has 3 aliphatic rings. The maximum atomic E-state index is 13.2. The first-order valence-corrected chi connectivity index (χ1v) is 9.43. The van der Waals surface area contributed by atoms with Gasteiger partial charge < -0.3 is 5.32 Å². The summed E-state index contributed by atoms with van der Waals surface area (Å²) in [6.45, 7) is 6.22. The van der Waals surface area contributed by atoms with Crippen molar-refractivity contribution >= 4 is 12.3 Å². The predicted octanol–water partition coefficient (Wildman–Crippen LogP) is 1.77. The Morgan fingerprint density at radius 3 is 2.57 bits per heavy atom. The largest absolute Gasteiger partial charge is 0.317 e. The lowest BCUT2D eigenvalue weighted by Gasteiger charge is -2.48. The first-order chi connectivity index (χ1) is 11.2. The van der Waals surface area contributed by atoms with Gasteiger partial charge in [0.25, 0.3) is 0 Å². The van der Waals surface area contributed by atoms with Crippen LogP contribution < -0.4 is 5.32 Å². The fraction of sp³-hybridized carbons (Fsp3) is 0.889. The van der Waals surface area contributed by atoms with Gasteiger partial charge in [0.2, 0.25) is 12.3 Å². The van der Waals surface area contributed by atoms with E-state index in [9.17, 15) is 9.59 Å². The van der Waals surface area contributed by atoms with Gasteiger partial charge in [-0.3, -0.25) is 19.4 Å². The molecular weight excluding hydrogens is 290 g/mol. The summed E-state index contributed by atoms with van der Waals surface area (Å²) in [6, 6.07) is 0.765. The third-order valence-electron chi connectivity index (χ3n) is 6.38. The van der Waals surface area contributed by atoms with E-state index >= 15 is 0 Å². The van der Waals surface area contributed by atoms with Gasteiger partial charge in [-0.25, -0.2) is 0 Å². The van der Waals surface area contributed by atoms with Gasteiger partial charge in [0.15, 0.2) is 0 Å². The second-order valence-corrected chi connectivity index (χ2v) is 7.59. The quantitative estimate of drug-likeness (QED) is 0.784. The van der Waals surface area contributed by atoms with Gasteiger partial charge in [0.05, 0.1) is 5.41 Å². The van der Waals surface area contributed by atoms with Crippen LogP contribution in [0.5, 0.6) is 0 Å². The van der Waals surface area contributed by atoms with Crippen LogP contribution in [0, 0.1) is 5.41 Å². The summed E-state index contributed by atoms with van der Waals surface area (Å²) in [5.74, 6) is 0.0957. The highest BCUT2D eigenvalue weighted by Gasteiger charge is 2.46. The van der Waals surface area contributed by atoms with E-state index in [1.807, 2.05) is 0 Å². The van der Waals surface area contributed by atoms with Crippen molar-refractivity contribution in [2.75, 3.05) is 26.2 Å². The molecule has 0 bridgehead atoms. The van der Waals surface area contributed by atoms with Crippen LogP contribution in [0.3, 0.4) is 0 Å². The lowest BCUT2D eigenvalue weighted by atomic mass is 9.74. The molecule has 1 unspecified atom stereocenters. The molecule has 0 aromatic rings. The molecule has 1 aliphatic carbocycles. The SMILES string of the molecule is CCC1(C(=O)N(C=O)C2CCC2)CCCN(C2CCNCC2)C1. The summed E-state index contributed by atoms with van der Waals surface area (Å²) >= 11 is 0. The molecule has 5 nitrogen and oxygen atoms in total. The Hall–Kier alpha value is -0.940. The van der Waals surface area contributed by atoms with Gasteiger partial charge in [-0.05, 0) is 71.0 Å². The smallest absolute Gasteiger partial charge is 0.236 e. The Morgan fingerprint density at radius 1 is 1.26 bits per heavy atom. The average Bonchev–Trinajstić information content (AvgIpc) is 2.58. The van der Waals surface area contributed by atoms with Gasteiger partial charge in [-0.2, -0.15) is 0 Å². The van der Waals surface area contributed by atoms with E-state index in [0.717, 1.165) is 71.1 Å². The molecule has 5 heteroatoms. The van der Waals surface area contributed by atoms with Crippen LogP contribution in [-0.4, -0.2) is 60.4 Å². The third-order valence-corrected chi connectivity index (χ3v) is 6.38. The van der Waals surface area contributed by atoms with E-state index in [4.69, 9.17) is 0 Å². The first-order valence-electron chi connectivity index (χ1n) is 9.43. The number of nitrogens with zero attached hydrogens (tertiary/aromatic N) is 2. The summed E-state index contributed by atoms with van der Waals surface area (Å²) in [5, 5.41) is 3.42. The third kappa shape index (κ3) is 3.31. The molecule has 2 amide bonds. The molecule has 1 atom stereocenters. The second kappa shape index (κ2) is 7.31. The Morgan fingerprint density at radius 2 is 2.00 bits per heavy atom. The molecule has 3 rings (SSSR count). The lowest BCUT2D eigenvalue weighted by molar-refractivity contribution is -0.155. The standard InChI is InChI=1S/C18H31N3O2/c1-2-18(17(23)21(14-22)16-5-3-6-16)9-4-12-20(13-18)15-7-10-19-11-8-15/h14-16,19H,2-13H2,1H3. The molecule has 0 aromatic heterocycles. The maximum absolute atomic E-state index is 13.2. The van der Waals surface area contributed by atoms with Crippen molar-refractivity contribution in [3.05, 3.63) is 0 Å². The molecule has 3 fully saturated rings. The number of hydrogen-bond acceptors (Lipinski definition) is 4. The number of piperidine rings is 2. The Bertz CT molecular complexity index is 432. The summed E-state index contributed by atoms with van der Waals surface area (Å²) < 4.78 is 0. The topological polar surface area (TPSA) is 52.7 Å². The van der Waals surface area contributed by atoms with Crippen LogP contribution >= 0.6 is 0 Å². The first kappa shape index (κ1) is 16.9. The highest BCUT2D eigenvalue weighted by atomic mass is 16.2. The number of likely N-dealkylation sites (tertiary alicyclic amines) is 1. The fourth-order valence-corrected chi connectivity index (χ4v) is 4.50. The lowest BCUT2D eigenvalue weighted by Crippen LogP contribution is -2.58. The zero-order valence-electron chi connectivity index (χ0n) is 14.4. The van der Waals surface area contributed by atoms with Crippen LogP contribution in [0.25, 0.3) is 0 Å². The highest BCUT2D eigenvalue weighted by molar-refractivity contribution is 5.91. The Kier molecular flexibility index (Phi) is 5.37. The van der Waals surface area contributed by atoms with E-state index in [0.29, 0.717) is 6.04 Å². The van der Waals surface area contributed by atoms with Gasteiger partial charge in [0, 0.05) is 18.6 Å². The summed E-state index contributed by atoms with van der Waals surface area (Å²) in [5.41, 5.74) is -0.348. The van der Waals surface area contributed by atoms with E-state index in [1.165, 1.54) is 12.8 Å². The Labute approximate surface area is 139 Å². The molecule has 0 radical (unpaired) electrons. The van der Waals surface area contributed by atoms with E-state index in [2.05, 4.69) is 17.1 Å². The highest BCUT2D eigenvalue weighted by Crippen LogP contribution is 2.38. The number of hydrogen-bond donors (Lipinski definition) is 1. The van der Waals surface area contributed by atoms with Gasteiger partial charge >= 0.3 is 0 Å². The molecular formula is C18H31N3O2. The minimum absolute atomic E-state index is 0.0957. The molecule has 1 saturated carbocycles. The van der Waals surface area contributed by atoms with Crippen molar-refractivity contribution in [1.82, 2.24) is 15.1 Å². The fourth-order valence-electron chi connectivity index (χ4n) is 4.50. The van der Waals surface area contributed by atoms with Crippen LogP contribution in [0.15, 0.2) is 0 Å². The molecule has 1 N–H and O–H groups in total. The molecule has 2 saturated heterocycles. The Balaban J connectivity index is 1.72. The van der Waals surface area contributed by atoms with Gasteiger partial charge in [0.1, 0.15) is 0 Å². The summed E-state index contributed by atoms with van der Waals surface area (Å²) in [6.07, 6.45) is 9.11. The minimum atomic E-state index is -0.348. The van der Waals surface area contributed by atoms with E-state index < -0.39 is 0 Å².